The molecular formula is C50H77N13O10. The van der Waals surface area contributed by atoms with Crippen molar-refractivity contribution in [2.24, 2.45) is 35.0 Å². The summed E-state index contributed by atoms with van der Waals surface area (Å²) in [6.07, 6.45) is 6.21. The van der Waals surface area contributed by atoms with Crippen LogP contribution in [0.25, 0.3) is 10.9 Å². The molecule has 8 atom stereocenters. The molecule has 0 aliphatic carbocycles. The van der Waals surface area contributed by atoms with E-state index in [-0.39, 0.29) is 69.2 Å². The van der Waals surface area contributed by atoms with E-state index in [1.165, 1.54) is 17.4 Å². The van der Waals surface area contributed by atoms with Crippen LogP contribution in [0.1, 0.15) is 111 Å². The highest BCUT2D eigenvalue weighted by Crippen LogP contribution is 2.23. The number of unbranched alkanes of at least 4 members (excludes halogenated alkanes) is 1. The number of aromatic nitrogens is 3. The maximum Gasteiger partial charge on any atom is 0.326 e. The molecule has 0 radical (unpaired) electrons. The first-order valence-electron chi connectivity index (χ1n) is 25.2. The number of nitrogens with two attached hydrogens (primary N) is 3. The number of aromatic amines is 2. The van der Waals surface area contributed by atoms with Crippen molar-refractivity contribution < 1.29 is 48.3 Å². The second kappa shape index (κ2) is 28.4. The van der Waals surface area contributed by atoms with Gasteiger partial charge in [0.15, 0.2) is 0 Å². The third kappa shape index (κ3) is 18.3. The van der Waals surface area contributed by atoms with Gasteiger partial charge < -0.3 is 69.1 Å². The number of carboxylic acid groups (broad SMARTS) is 1. The molecule has 73 heavy (non-hydrogen) atoms. The molecule has 23 heteroatoms. The highest BCUT2D eigenvalue weighted by Gasteiger charge is 2.40. The molecule has 0 spiro atoms. The number of amides is 8. The van der Waals surface area contributed by atoms with E-state index in [1.54, 1.807) is 6.20 Å². The van der Waals surface area contributed by atoms with Crippen LogP contribution in [-0.4, -0.2) is 140 Å². The monoisotopic (exact) mass is 1020 g/mol. The molecular weight excluding hydrogens is 943 g/mol. The largest absolute Gasteiger partial charge is 0.480 e. The van der Waals surface area contributed by atoms with Crippen LogP contribution in [0.2, 0.25) is 0 Å². The van der Waals surface area contributed by atoms with E-state index >= 15 is 0 Å². The normalized spacial score (nSPS) is 16.5. The van der Waals surface area contributed by atoms with Crippen molar-refractivity contribution in [2.75, 3.05) is 13.1 Å². The number of rotatable bonds is 30. The summed E-state index contributed by atoms with van der Waals surface area (Å²) in [4.78, 5) is 133. The number of carboxylic acids is 1. The molecule has 0 unspecified atom stereocenters. The summed E-state index contributed by atoms with van der Waals surface area (Å²) in [5.41, 5.74) is 18.8. The number of nitrogens with zero attached hydrogens (tertiary/aromatic N) is 2. The van der Waals surface area contributed by atoms with Gasteiger partial charge in [0.05, 0.1) is 18.8 Å². The summed E-state index contributed by atoms with van der Waals surface area (Å²) in [7, 11) is 0. The average molecular weight is 1020 g/mol. The molecule has 1 aromatic carbocycles. The van der Waals surface area contributed by atoms with Gasteiger partial charge in [-0.15, -0.1) is 0 Å². The minimum atomic E-state index is -1.37. The first-order valence-corrected chi connectivity index (χ1v) is 25.2. The second-order valence-electron chi connectivity index (χ2n) is 20.2. The average Bonchev–Trinajstić information content (AvgIpc) is 4.12. The molecule has 4 rings (SSSR count). The summed E-state index contributed by atoms with van der Waals surface area (Å²) in [6.45, 7) is 11.6. The molecule has 1 aliphatic heterocycles. The SMILES string of the molecule is CC(C)C[C@H](NC(=O)[C@H](CCCCN)NC(=O)[C@@H]1CCCN1C(=O)[C@H](CC(C)C)NC(=O)[C@H](CC(C)C)NC(=O)[C@@H](N)CC(N)=O)C(=O)N[C@@H](Cc1cnc[nH]1)C(=O)N[C@@H](Cc1c[nH]c2ccccc12)C(=O)O. The number of para-hydroxylation sites is 1. The molecule has 1 aliphatic rings. The number of carbonyl (C=O) groups is 9. The quantitative estimate of drug-likeness (QED) is 0.0396. The van der Waals surface area contributed by atoms with Crippen molar-refractivity contribution in [1.82, 2.24) is 51.8 Å². The molecule has 0 saturated carbocycles. The van der Waals surface area contributed by atoms with E-state index in [2.05, 4.69) is 46.9 Å². The number of likely N-dealkylation sites (tertiary alicyclic amines) is 1. The van der Waals surface area contributed by atoms with Gasteiger partial charge in [-0.1, -0.05) is 59.7 Å². The number of aliphatic carboxylic acids is 1. The smallest absolute Gasteiger partial charge is 0.326 e. The van der Waals surface area contributed by atoms with E-state index in [4.69, 9.17) is 17.2 Å². The van der Waals surface area contributed by atoms with Crippen LogP contribution in [0.5, 0.6) is 0 Å². The Morgan fingerprint density at radius 2 is 1.27 bits per heavy atom. The number of fused-ring (bicyclic) bond motifs is 1. The molecule has 8 amide bonds. The minimum Gasteiger partial charge on any atom is -0.480 e. The molecule has 1 saturated heterocycles. The summed E-state index contributed by atoms with van der Waals surface area (Å²) < 4.78 is 0. The number of carbonyl (C=O) groups excluding carboxylic acids is 8. The number of imidazole rings is 1. The second-order valence-corrected chi connectivity index (χ2v) is 20.2. The number of benzene rings is 1. The van der Waals surface area contributed by atoms with Gasteiger partial charge in [-0.2, -0.15) is 0 Å². The third-order valence-corrected chi connectivity index (χ3v) is 12.5. The van der Waals surface area contributed by atoms with Crippen molar-refractivity contribution >= 4 is 64.1 Å². The van der Waals surface area contributed by atoms with E-state index in [1.807, 2.05) is 65.8 Å². The molecule has 402 valence electrons. The predicted molar refractivity (Wildman–Crippen MR) is 271 cm³/mol. The predicted octanol–water partition coefficient (Wildman–Crippen LogP) is 0.131. The van der Waals surface area contributed by atoms with E-state index in [0.29, 0.717) is 37.1 Å². The topological polar surface area (TPSA) is 372 Å². The van der Waals surface area contributed by atoms with Crippen LogP contribution >= 0.6 is 0 Å². The summed E-state index contributed by atoms with van der Waals surface area (Å²) in [5.74, 6) is -7.16. The highest BCUT2D eigenvalue weighted by atomic mass is 16.4. The fraction of sp³-hybridized carbons (Fsp3) is 0.600. The lowest BCUT2D eigenvalue weighted by Crippen LogP contribution is -2.60. The van der Waals surface area contributed by atoms with Gasteiger partial charge in [-0.3, -0.25) is 38.4 Å². The standard InChI is InChI=1S/C50H77N13O10/c1-27(2)18-36(58-43(65)33(52)23-42(53)64)46(68)61-39(20-29(5)6)49(71)63-17-11-15-41(63)48(70)57-35(14-9-10-16-51)44(66)59-37(19-28(3)4)45(67)60-38(22-31-25-54-26-56-31)47(69)62-40(50(72)73)21-30-24-55-34-13-8-7-12-32(30)34/h7-8,12-13,24-29,33,35-41,55H,9-11,14-23,51-52H2,1-6H3,(H2,53,64)(H,54,56)(H,57,70)(H,58,65)(H,59,66)(H,60,67)(H,61,68)(H,62,69)(H,72,73)/t33-,35-,36-,37-,38-,39-,40-,41-/m0/s1. The molecule has 0 bridgehead atoms. The zero-order valence-electron chi connectivity index (χ0n) is 42.8. The zero-order valence-corrected chi connectivity index (χ0v) is 42.8. The van der Waals surface area contributed by atoms with Crippen molar-refractivity contribution in [2.45, 2.75) is 161 Å². The Morgan fingerprint density at radius 3 is 1.86 bits per heavy atom. The molecule has 3 heterocycles. The third-order valence-electron chi connectivity index (χ3n) is 12.5. The minimum absolute atomic E-state index is 0.0571. The van der Waals surface area contributed by atoms with Crippen molar-refractivity contribution in [3.8, 4) is 0 Å². The van der Waals surface area contributed by atoms with Crippen LogP contribution < -0.4 is 49.1 Å². The Balaban J connectivity index is 1.52. The number of primary amides is 1. The highest BCUT2D eigenvalue weighted by molar-refractivity contribution is 5.98. The Bertz CT molecular complexity index is 2350. The molecule has 3 aromatic rings. The van der Waals surface area contributed by atoms with Crippen LogP contribution in [0.4, 0.5) is 0 Å². The maximum absolute atomic E-state index is 14.4. The van der Waals surface area contributed by atoms with Gasteiger partial charge in [0.2, 0.25) is 47.3 Å². The lowest BCUT2D eigenvalue weighted by atomic mass is 9.99. The van der Waals surface area contributed by atoms with Crippen molar-refractivity contribution in [3.63, 3.8) is 0 Å². The molecule has 1 fully saturated rings. The number of hydrogen-bond donors (Lipinski definition) is 12. The van der Waals surface area contributed by atoms with Crippen LogP contribution in [-0.2, 0) is 56.0 Å². The van der Waals surface area contributed by atoms with E-state index in [0.717, 1.165) is 10.9 Å². The first-order chi connectivity index (χ1) is 34.6. The zero-order chi connectivity index (χ0) is 53.9. The Labute approximate surface area is 425 Å². The van der Waals surface area contributed by atoms with E-state index in [9.17, 15) is 48.3 Å². The van der Waals surface area contributed by atoms with Gasteiger partial charge >= 0.3 is 5.97 Å². The fourth-order valence-corrected chi connectivity index (χ4v) is 8.85. The van der Waals surface area contributed by atoms with Gasteiger partial charge in [-0.25, -0.2) is 9.78 Å². The van der Waals surface area contributed by atoms with Gasteiger partial charge in [-0.05, 0) is 87.3 Å². The number of hydrogen-bond acceptors (Lipinski definition) is 12. The summed E-state index contributed by atoms with van der Waals surface area (Å²) >= 11 is 0. The lowest BCUT2D eigenvalue weighted by molar-refractivity contribution is -0.143. The van der Waals surface area contributed by atoms with Crippen molar-refractivity contribution in [1.29, 1.82) is 0 Å². The van der Waals surface area contributed by atoms with Crippen molar-refractivity contribution in [3.05, 3.63) is 54.2 Å². The Hall–Kier alpha value is -6.88. The Morgan fingerprint density at radius 1 is 0.712 bits per heavy atom. The van der Waals surface area contributed by atoms with E-state index < -0.39 is 108 Å². The van der Waals surface area contributed by atoms with Crippen LogP contribution in [0, 0.1) is 17.8 Å². The van der Waals surface area contributed by atoms with Gasteiger partial charge in [0.25, 0.3) is 0 Å². The number of H-pyrrole nitrogens is 2. The number of nitrogens with one attached hydrogen (secondary N) is 8. The van der Waals surface area contributed by atoms with Crippen LogP contribution in [0.3, 0.4) is 0 Å². The fourth-order valence-electron chi connectivity index (χ4n) is 8.85. The van der Waals surface area contributed by atoms with Gasteiger partial charge in [0.1, 0.15) is 42.3 Å². The Kier molecular flexibility index (Phi) is 22.8. The molecule has 2 aromatic heterocycles. The summed E-state index contributed by atoms with van der Waals surface area (Å²) in [6, 6.07) is -2.25. The van der Waals surface area contributed by atoms with Crippen LogP contribution in [0.15, 0.2) is 43.0 Å². The maximum atomic E-state index is 14.4. The molecule has 15 N–H and O–H groups in total. The summed E-state index contributed by atoms with van der Waals surface area (Å²) in [5, 5.41) is 27.3. The van der Waals surface area contributed by atoms with Gasteiger partial charge in [0, 0.05) is 48.4 Å². The molecule has 23 nitrogen and oxygen atoms in total. The lowest BCUT2D eigenvalue weighted by Gasteiger charge is -2.32. The first kappa shape index (κ1) is 58.7.